The Morgan fingerprint density at radius 1 is 1.09 bits per heavy atom. The predicted molar refractivity (Wildman–Crippen MR) is 129 cm³/mol. The first-order chi connectivity index (χ1) is 15.2. The van der Waals surface area contributed by atoms with Gasteiger partial charge in [0.05, 0.1) is 12.1 Å². The highest BCUT2D eigenvalue weighted by Gasteiger charge is 2.51. The standard InChI is InChI=1S/C28H42N2O2/c1-18(2)15-24-27(32)30(25(17-29-24)20-9-7-6-8-10-20)26(31)23-16-22(23)19-11-13-21(14-12-19)28(3,4)5/h11-14,18,20,22-25,29H,6-10,15-17H2,1-5H3/t22-,23+,24?,25?/m0/s1. The van der Waals surface area contributed by atoms with Crippen LogP contribution in [0.1, 0.15) is 96.6 Å². The maximum atomic E-state index is 13.7. The van der Waals surface area contributed by atoms with Crippen LogP contribution < -0.4 is 5.32 Å². The Labute approximate surface area is 194 Å². The van der Waals surface area contributed by atoms with Crippen molar-refractivity contribution >= 4 is 11.8 Å². The van der Waals surface area contributed by atoms with E-state index in [1.165, 1.54) is 30.4 Å². The number of hydrogen-bond acceptors (Lipinski definition) is 3. The molecule has 176 valence electrons. The van der Waals surface area contributed by atoms with Gasteiger partial charge in [-0.2, -0.15) is 0 Å². The lowest BCUT2D eigenvalue weighted by molar-refractivity contribution is -0.155. The number of imide groups is 1. The molecule has 3 fully saturated rings. The Balaban J connectivity index is 1.51. The molecule has 0 radical (unpaired) electrons. The first-order valence-corrected chi connectivity index (χ1v) is 12.9. The van der Waals surface area contributed by atoms with Gasteiger partial charge in [0.2, 0.25) is 11.8 Å². The first-order valence-electron chi connectivity index (χ1n) is 12.9. The minimum Gasteiger partial charge on any atom is -0.304 e. The lowest BCUT2D eigenvalue weighted by atomic mass is 9.81. The molecule has 1 saturated heterocycles. The van der Waals surface area contributed by atoms with Crippen LogP contribution in [0.2, 0.25) is 0 Å². The summed E-state index contributed by atoms with van der Waals surface area (Å²) in [6.07, 6.45) is 7.67. The fourth-order valence-electron chi connectivity index (χ4n) is 5.84. The summed E-state index contributed by atoms with van der Waals surface area (Å²) in [5.41, 5.74) is 2.69. The number of amides is 2. The van der Waals surface area contributed by atoms with Gasteiger partial charge >= 0.3 is 0 Å². The highest BCUT2D eigenvalue weighted by molar-refractivity contribution is 6.01. The van der Waals surface area contributed by atoms with Crippen molar-refractivity contribution in [2.75, 3.05) is 6.54 Å². The van der Waals surface area contributed by atoms with Crippen LogP contribution in [0.4, 0.5) is 0 Å². The van der Waals surface area contributed by atoms with Crippen LogP contribution >= 0.6 is 0 Å². The second kappa shape index (κ2) is 9.29. The third-order valence-electron chi connectivity index (χ3n) is 7.89. The summed E-state index contributed by atoms with van der Waals surface area (Å²) in [4.78, 5) is 29.0. The molecule has 2 amide bonds. The van der Waals surface area contributed by atoms with Crippen LogP contribution in [0, 0.1) is 17.8 Å². The van der Waals surface area contributed by atoms with Crippen LogP contribution in [0.25, 0.3) is 0 Å². The number of benzene rings is 1. The van der Waals surface area contributed by atoms with Crippen molar-refractivity contribution in [2.24, 2.45) is 17.8 Å². The van der Waals surface area contributed by atoms with Crippen molar-refractivity contribution in [3.05, 3.63) is 35.4 Å². The quantitative estimate of drug-likeness (QED) is 0.625. The summed E-state index contributed by atoms with van der Waals surface area (Å²) < 4.78 is 0. The van der Waals surface area contributed by atoms with E-state index in [4.69, 9.17) is 0 Å². The molecule has 4 heteroatoms. The van der Waals surface area contributed by atoms with E-state index >= 15 is 0 Å². The minimum atomic E-state index is -0.220. The maximum Gasteiger partial charge on any atom is 0.246 e. The summed E-state index contributed by atoms with van der Waals surface area (Å²) in [7, 11) is 0. The molecule has 3 aliphatic rings. The topological polar surface area (TPSA) is 49.4 Å². The highest BCUT2D eigenvalue weighted by atomic mass is 16.2. The lowest BCUT2D eigenvalue weighted by Gasteiger charge is -2.44. The largest absolute Gasteiger partial charge is 0.304 e. The van der Waals surface area contributed by atoms with E-state index in [1.54, 1.807) is 4.90 Å². The molecule has 4 atom stereocenters. The second-order valence-electron chi connectivity index (χ2n) is 11.9. The number of piperazine rings is 1. The number of nitrogens with one attached hydrogen (secondary N) is 1. The Morgan fingerprint density at radius 2 is 1.75 bits per heavy atom. The minimum absolute atomic E-state index is 0.0271. The molecule has 0 bridgehead atoms. The number of nitrogens with zero attached hydrogens (tertiary/aromatic N) is 1. The van der Waals surface area contributed by atoms with E-state index < -0.39 is 0 Å². The number of hydrogen-bond donors (Lipinski definition) is 1. The predicted octanol–water partition coefficient (Wildman–Crippen LogP) is 5.41. The Hall–Kier alpha value is -1.68. The van der Waals surface area contributed by atoms with Gasteiger partial charge in [-0.1, -0.05) is 78.1 Å². The SMILES string of the molecule is CC(C)CC1NCC(C2CCCCC2)N(C(=O)[C@@H]2C[C@H]2c2ccc(C(C)(C)C)cc2)C1=O. The fraction of sp³-hybridized carbons (Fsp3) is 0.714. The van der Waals surface area contributed by atoms with Crippen LogP contribution in [-0.2, 0) is 15.0 Å². The van der Waals surface area contributed by atoms with E-state index in [0.717, 1.165) is 32.2 Å². The Kier molecular flexibility index (Phi) is 6.81. The second-order valence-corrected chi connectivity index (χ2v) is 11.9. The fourth-order valence-corrected chi connectivity index (χ4v) is 5.84. The van der Waals surface area contributed by atoms with E-state index in [-0.39, 0.29) is 41.1 Å². The zero-order valence-corrected chi connectivity index (χ0v) is 20.7. The van der Waals surface area contributed by atoms with Crippen molar-refractivity contribution in [3.8, 4) is 0 Å². The van der Waals surface area contributed by atoms with Crippen LogP contribution in [0.15, 0.2) is 24.3 Å². The van der Waals surface area contributed by atoms with Crippen molar-refractivity contribution in [1.29, 1.82) is 0 Å². The molecule has 2 unspecified atom stereocenters. The summed E-state index contributed by atoms with van der Waals surface area (Å²) in [5, 5.41) is 3.51. The summed E-state index contributed by atoms with van der Waals surface area (Å²) in [6.45, 7) is 11.7. The number of carbonyl (C=O) groups excluding carboxylic acids is 2. The average Bonchev–Trinajstić information content (AvgIpc) is 3.55. The average molecular weight is 439 g/mol. The smallest absolute Gasteiger partial charge is 0.246 e. The zero-order valence-electron chi connectivity index (χ0n) is 20.7. The molecular formula is C28H42N2O2. The number of carbonyl (C=O) groups is 2. The summed E-state index contributed by atoms with van der Waals surface area (Å²) >= 11 is 0. The Bertz CT molecular complexity index is 817. The molecule has 0 aromatic heterocycles. The molecule has 4 rings (SSSR count). The molecule has 32 heavy (non-hydrogen) atoms. The monoisotopic (exact) mass is 438 g/mol. The van der Waals surface area contributed by atoms with Crippen molar-refractivity contribution in [2.45, 2.75) is 103 Å². The van der Waals surface area contributed by atoms with Crippen LogP contribution in [0.5, 0.6) is 0 Å². The number of rotatable bonds is 5. The Morgan fingerprint density at radius 3 is 2.34 bits per heavy atom. The third kappa shape index (κ3) is 4.95. The van der Waals surface area contributed by atoms with Gasteiger partial charge in [-0.05, 0) is 60.0 Å². The zero-order chi connectivity index (χ0) is 23.0. The molecule has 0 spiro atoms. The summed E-state index contributed by atoms with van der Waals surface area (Å²) in [6, 6.07) is 8.60. The van der Waals surface area contributed by atoms with E-state index in [9.17, 15) is 9.59 Å². The van der Waals surface area contributed by atoms with Gasteiger partial charge in [-0.3, -0.25) is 14.5 Å². The lowest BCUT2D eigenvalue weighted by Crippen LogP contribution is -2.64. The van der Waals surface area contributed by atoms with Crippen molar-refractivity contribution < 1.29 is 9.59 Å². The molecule has 1 heterocycles. The van der Waals surface area contributed by atoms with Gasteiger partial charge in [0.15, 0.2) is 0 Å². The molecule has 1 aromatic rings. The molecular weight excluding hydrogens is 396 g/mol. The highest BCUT2D eigenvalue weighted by Crippen LogP contribution is 2.49. The van der Waals surface area contributed by atoms with Gasteiger partial charge in [-0.25, -0.2) is 0 Å². The van der Waals surface area contributed by atoms with E-state index in [1.807, 2.05) is 0 Å². The van der Waals surface area contributed by atoms with Crippen LogP contribution in [-0.4, -0.2) is 35.3 Å². The van der Waals surface area contributed by atoms with Gasteiger partial charge in [0.1, 0.15) is 0 Å². The van der Waals surface area contributed by atoms with E-state index in [0.29, 0.717) is 11.8 Å². The van der Waals surface area contributed by atoms with Crippen molar-refractivity contribution in [3.63, 3.8) is 0 Å². The molecule has 4 nitrogen and oxygen atoms in total. The molecule has 1 aliphatic heterocycles. The van der Waals surface area contributed by atoms with Gasteiger partial charge < -0.3 is 5.32 Å². The van der Waals surface area contributed by atoms with Gasteiger partial charge in [0, 0.05) is 12.5 Å². The maximum absolute atomic E-state index is 13.7. The first kappa shape index (κ1) is 23.5. The normalized spacial score (nSPS) is 29.4. The molecule has 2 saturated carbocycles. The van der Waals surface area contributed by atoms with Crippen LogP contribution in [0.3, 0.4) is 0 Å². The molecule has 1 aromatic carbocycles. The third-order valence-corrected chi connectivity index (χ3v) is 7.89. The van der Waals surface area contributed by atoms with E-state index in [2.05, 4.69) is 64.2 Å². The summed E-state index contributed by atoms with van der Waals surface area (Å²) in [5.74, 6) is 1.21. The molecule has 2 aliphatic carbocycles. The van der Waals surface area contributed by atoms with Gasteiger partial charge in [-0.15, -0.1) is 0 Å². The van der Waals surface area contributed by atoms with Gasteiger partial charge in [0.25, 0.3) is 0 Å². The molecule has 1 N–H and O–H groups in total. The van der Waals surface area contributed by atoms with Crippen molar-refractivity contribution in [1.82, 2.24) is 10.2 Å².